The Kier molecular flexibility index (Phi) is 2.49. The molecule has 0 aliphatic carbocycles. The molecule has 0 amide bonds. The molecule has 1 aromatic heterocycles. The summed E-state index contributed by atoms with van der Waals surface area (Å²) >= 11 is 0. The van der Waals surface area contributed by atoms with Gasteiger partial charge in [0.15, 0.2) is 0 Å². The highest BCUT2D eigenvalue weighted by Crippen LogP contribution is 2.28. The monoisotopic (exact) mass is 236 g/mol. The molecular formula is C16H12O2. The summed E-state index contributed by atoms with van der Waals surface area (Å²) in [5, 5.41) is 1.92. The molecule has 2 heteroatoms. The predicted octanol–water partition coefficient (Wildman–Crippen LogP) is 3.77. The number of benzene rings is 2. The first-order chi connectivity index (χ1) is 8.77. The van der Waals surface area contributed by atoms with Gasteiger partial charge in [0.1, 0.15) is 5.76 Å². The van der Waals surface area contributed by atoms with Crippen molar-refractivity contribution in [1.82, 2.24) is 0 Å². The Balaban J connectivity index is 2.44. The van der Waals surface area contributed by atoms with Gasteiger partial charge >= 0.3 is 5.63 Å². The van der Waals surface area contributed by atoms with Crippen molar-refractivity contribution in [2.75, 3.05) is 0 Å². The number of hydrogen-bond donors (Lipinski definition) is 0. The van der Waals surface area contributed by atoms with Crippen LogP contribution in [0.1, 0.15) is 5.56 Å². The molecule has 2 aromatic carbocycles. The van der Waals surface area contributed by atoms with Crippen LogP contribution in [0.3, 0.4) is 0 Å². The number of hydrogen-bond acceptors (Lipinski definition) is 2. The molecule has 0 bridgehead atoms. The van der Waals surface area contributed by atoms with E-state index in [0.717, 1.165) is 16.3 Å². The van der Waals surface area contributed by atoms with Crippen molar-refractivity contribution >= 4 is 10.8 Å². The highest BCUT2D eigenvalue weighted by atomic mass is 16.4. The van der Waals surface area contributed by atoms with E-state index in [9.17, 15) is 4.79 Å². The second kappa shape index (κ2) is 4.15. The Morgan fingerprint density at radius 2 is 1.44 bits per heavy atom. The summed E-state index contributed by atoms with van der Waals surface area (Å²) in [7, 11) is 0. The molecule has 0 radical (unpaired) electrons. The van der Waals surface area contributed by atoms with E-state index in [1.54, 1.807) is 6.92 Å². The second-order valence-corrected chi connectivity index (χ2v) is 4.26. The van der Waals surface area contributed by atoms with Crippen molar-refractivity contribution in [3.63, 3.8) is 0 Å². The summed E-state index contributed by atoms with van der Waals surface area (Å²) in [6.45, 7) is 1.79. The van der Waals surface area contributed by atoms with Crippen LogP contribution in [0.2, 0.25) is 0 Å². The van der Waals surface area contributed by atoms with E-state index in [1.165, 1.54) is 0 Å². The van der Waals surface area contributed by atoms with Gasteiger partial charge in [-0.25, -0.2) is 4.79 Å². The highest BCUT2D eigenvalue weighted by molar-refractivity contribution is 5.95. The molecule has 0 atom stereocenters. The van der Waals surface area contributed by atoms with Crippen molar-refractivity contribution < 1.29 is 4.42 Å². The topological polar surface area (TPSA) is 30.2 Å². The molecule has 18 heavy (non-hydrogen) atoms. The first-order valence-corrected chi connectivity index (χ1v) is 5.85. The van der Waals surface area contributed by atoms with E-state index in [4.69, 9.17) is 4.42 Å². The Hall–Kier alpha value is -2.35. The van der Waals surface area contributed by atoms with E-state index in [1.807, 2.05) is 54.6 Å². The fourth-order valence-electron chi connectivity index (χ4n) is 2.15. The molecule has 0 saturated carbocycles. The van der Waals surface area contributed by atoms with Gasteiger partial charge in [-0.05, 0) is 12.3 Å². The van der Waals surface area contributed by atoms with Crippen molar-refractivity contribution in [3.05, 3.63) is 70.6 Å². The molecule has 1 heterocycles. The van der Waals surface area contributed by atoms with Crippen molar-refractivity contribution in [2.45, 2.75) is 6.92 Å². The zero-order valence-corrected chi connectivity index (χ0v) is 10.0. The summed E-state index contributed by atoms with van der Waals surface area (Å²) in [6.07, 6.45) is 0. The lowest BCUT2D eigenvalue weighted by Crippen LogP contribution is -2.04. The van der Waals surface area contributed by atoms with Gasteiger partial charge in [0.25, 0.3) is 0 Å². The van der Waals surface area contributed by atoms with Crippen LogP contribution in [0, 0.1) is 6.92 Å². The van der Waals surface area contributed by atoms with Gasteiger partial charge in [-0.3, -0.25) is 0 Å². The minimum Gasteiger partial charge on any atom is -0.422 e. The van der Waals surface area contributed by atoms with Crippen LogP contribution in [0.5, 0.6) is 0 Å². The van der Waals surface area contributed by atoms with E-state index in [-0.39, 0.29) is 5.63 Å². The lowest BCUT2D eigenvalue weighted by atomic mass is 10.0. The third kappa shape index (κ3) is 1.63. The maximum Gasteiger partial charge on any atom is 0.339 e. The van der Waals surface area contributed by atoms with E-state index >= 15 is 0 Å². The SMILES string of the molecule is Cc1c(=O)oc(-c2ccccc2)c2ccccc12. The Bertz CT molecular complexity index is 755. The van der Waals surface area contributed by atoms with Crippen LogP contribution in [-0.2, 0) is 0 Å². The second-order valence-electron chi connectivity index (χ2n) is 4.26. The van der Waals surface area contributed by atoms with Crippen LogP contribution in [0.15, 0.2) is 63.8 Å². The van der Waals surface area contributed by atoms with Crippen LogP contribution in [-0.4, -0.2) is 0 Å². The summed E-state index contributed by atoms with van der Waals surface area (Å²) in [5.41, 5.74) is 1.31. The van der Waals surface area contributed by atoms with Crippen LogP contribution >= 0.6 is 0 Å². The smallest absolute Gasteiger partial charge is 0.339 e. The lowest BCUT2D eigenvalue weighted by Gasteiger charge is -2.06. The fraction of sp³-hybridized carbons (Fsp3) is 0.0625. The molecule has 3 aromatic rings. The summed E-state index contributed by atoms with van der Waals surface area (Å²) in [5.74, 6) is 0.641. The van der Waals surface area contributed by atoms with Crippen molar-refractivity contribution in [1.29, 1.82) is 0 Å². The van der Waals surface area contributed by atoms with E-state index < -0.39 is 0 Å². The Morgan fingerprint density at radius 3 is 2.17 bits per heavy atom. The molecule has 0 aliphatic rings. The van der Waals surface area contributed by atoms with Gasteiger partial charge in [-0.2, -0.15) is 0 Å². The largest absolute Gasteiger partial charge is 0.422 e. The van der Waals surface area contributed by atoms with Gasteiger partial charge in [-0.15, -0.1) is 0 Å². The van der Waals surface area contributed by atoms with E-state index in [0.29, 0.717) is 11.3 Å². The third-order valence-corrected chi connectivity index (χ3v) is 3.11. The van der Waals surface area contributed by atoms with Gasteiger partial charge in [-0.1, -0.05) is 54.6 Å². The average Bonchev–Trinajstić information content (AvgIpc) is 2.44. The molecule has 0 saturated heterocycles. The number of fused-ring (bicyclic) bond motifs is 1. The first-order valence-electron chi connectivity index (χ1n) is 5.85. The molecule has 88 valence electrons. The molecule has 0 fully saturated rings. The summed E-state index contributed by atoms with van der Waals surface area (Å²) in [6, 6.07) is 17.5. The predicted molar refractivity (Wildman–Crippen MR) is 72.7 cm³/mol. The van der Waals surface area contributed by atoms with Gasteiger partial charge in [0, 0.05) is 16.5 Å². The average molecular weight is 236 g/mol. The minimum absolute atomic E-state index is 0.271. The van der Waals surface area contributed by atoms with Gasteiger partial charge < -0.3 is 4.42 Å². The van der Waals surface area contributed by atoms with Crippen LogP contribution in [0.25, 0.3) is 22.1 Å². The van der Waals surface area contributed by atoms with Crippen molar-refractivity contribution in [2.24, 2.45) is 0 Å². The van der Waals surface area contributed by atoms with Gasteiger partial charge in [0.05, 0.1) is 0 Å². The summed E-state index contributed by atoms with van der Waals surface area (Å²) < 4.78 is 5.45. The molecular weight excluding hydrogens is 224 g/mol. The molecule has 2 nitrogen and oxygen atoms in total. The quantitative estimate of drug-likeness (QED) is 0.643. The molecule has 0 spiro atoms. The van der Waals surface area contributed by atoms with Crippen molar-refractivity contribution in [3.8, 4) is 11.3 Å². The van der Waals surface area contributed by atoms with Gasteiger partial charge in [0.2, 0.25) is 0 Å². The standard InChI is InChI=1S/C16H12O2/c1-11-13-9-5-6-10-14(13)15(18-16(11)17)12-7-3-2-4-8-12/h2-10H,1H3. The van der Waals surface area contributed by atoms with Crippen LogP contribution < -0.4 is 5.63 Å². The minimum atomic E-state index is -0.271. The molecule has 0 N–H and O–H groups in total. The molecule has 0 aliphatic heterocycles. The Morgan fingerprint density at radius 1 is 0.833 bits per heavy atom. The number of rotatable bonds is 1. The van der Waals surface area contributed by atoms with Crippen LogP contribution in [0.4, 0.5) is 0 Å². The molecule has 3 rings (SSSR count). The number of aryl methyl sites for hydroxylation is 1. The first kappa shape index (κ1) is 10.8. The normalized spacial score (nSPS) is 10.7. The lowest BCUT2D eigenvalue weighted by molar-refractivity contribution is 0.527. The Labute approximate surface area is 105 Å². The highest BCUT2D eigenvalue weighted by Gasteiger charge is 2.10. The third-order valence-electron chi connectivity index (χ3n) is 3.11. The fourth-order valence-corrected chi connectivity index (χ4v) is 2.15. The maximum atomic E-state index is 11.9. The zero-order chi connectivity index (χ0) is 12.5. The maximum absolute atomic E-state index is 11.9. The molecule has 0 unspecified atom stereocenters. The summed E-state index contributed by atoms with van der Waals surface area (Å²) in [4.78, 5) is 11.9. The zero-order valence-electron chi connectivity index (χ0n) is 10.0. The van der Waals surface area contributed by atoms with E-state index in [2.05, 4.69) is 0 Å².